The van der Waals surface area contributed by atoms with E-state index in [0.717, 1.165) is 71.2 Å². The van der Waals surface area contributed by atoms with Crippen molar-refractivity contribution in [2.45, 2.75) is 0 Å². The van der Waals surface area contributed by atoms with E-state index in [1.807, 2.05) is 100 Å². The lowest BCUT2D eigenvalue weighted by atomic mass is 10.1. The highest BCUT2D eigenvalue weighted by Crippen LogP contribution is 2.42. The van der Waals surface area contributed by atoms with E-state index in [4.69, 9.17) is 21.8 Å². The molecular formula is C51H32N6. The summed E-state index contributed by atoms with van der Waals surface area (Å²) in [6.45, 7) is 0. The second-order valence-corrected chi connectivity index (χ2v) is 14.1. The summed E-state index contributed by atoms with van der Waals surface area (Å²) in [5.41, 5.74) is 7.85. The second-order valence-electron chi connectivity index (χ2n) is 14.1. The molecule has 0 N–H and O–H groups in total. The maximum absolute atomic E-state index is 9.17. The van der Waals surface area contributed by atoms with Gasteiger partial charge in [0.2, 0.25) is 5.95 Å². The van der Waals surface area contributed by atoms with Crippen LogP contribution in [0.3, 0.4) is 0 Å². The number of hydrogen-bond acceptors (Lipinski definition) is 3. The zero-order valence-corrected chi connectivity index (χ0v) is 30.3. The molecule has 0 amide bonds. The normalized spacial score (nSPS) is 13.1. The Kier molecular flexibility index (Phi) is 5.82. The fourth-order valence-electron chi connectivity index (χ4n) is 8.57. The highest BCUT2D eigenvalue weighted by molar-refractivity contribution is 6.23. The topological polar surface area (TPSA) is 53.5 Å². The third kappa shape index (κ3) is 4.74. The minimum absolute atomic E-state index is 0.0655. The number of hydrogen-bond donors (Lipinski definition) is 0. The third-order valence-electron chi connectivity index (χ3n) is 11.0. The van der Waals surface area contributed by atoms with Crippen molar-refractivity contribution in [2.24, 2.45) is 0 Å². The molecule has 266 valence electrons. The highest BCUT2D eigenvalue weighted by atomic mass is 15.2. The van der Waals surface area contributed by atoms with E-state index < -0.39 is 18.1 Å². The smallest absolute Gasteiger partial charge is 0.238 e. The first-order valence-electron chi connectivity index (χ1n) is 21.3. The van der Waals surface area contributed by atoms with Crippen LogP contribution in [-0.2, 0) is 0 Å². The van der Waals surface area contributed by atoms with Crippen molar-refractivity contribution >= 4 is 65.4 Å². The van der Waals surface area contributed by atoms with E-state index in [0.29, 0.717) is 28.6 Å². The molecule has 0 aliphatic heterocycles. The lowest BCUT2D eigenvalue weighted by molar-refractivity contribution is 0.953. The van der Waals surface area contributed by atoms with E-state index in [1.54, 1.807) is 0 Å². The Balaban J connectivity index is 1.20. The number of para-hydroxylation sites is 5. The van der Waals surface area contributed by atoms with Gasteiger partial charge in [0.1, 0.15) is 0 Å². The Bertz CT molecular complexity index is 3790. The van der Waals surface area contributed by atoms with Crippen LogP contribution in [-0.4, -0.2) is 28.7 Å². The molecule has 0 aliphatic rings. The molecular weight excluding hydrogens is 697 g/mol. The summed E-state index contributed by atoms with van der Waals surface area (Å²) >= 11 is 0. The van der Waals surface area contributed by atoms with Gasteiger partial charge in [0.25, 0.3) is 0 Å². The maximum atomic E-state index is 9.17. The molecule has 0 saturated carbocycles. The molecule has 12 rings (SSSR count). The predicted octanol–water partition coefficient (Wildman–Crippen LogP) is 12.5. The van der Waals surface area contributed by atoms with Crippen LogP contribution in [0.25, 0.3) is 106 Å². The fourth-order valence-corrected chi connectivity index (χ4v) is 8.57. The number of aromatic nitrogens is 6. The van der Waals surface area contributed by atoms with Crippen LogP contribution in [0, 0.1) is 0 Å². The van der Waals surface area contributed by atoms with Crippen molar-refractivity contribution in [3.05, 3.63) is 194 Å². The van der Waals surface area contributed by atoms with Crippen molar-refractivity contribution in [1.29, 1.82) is 0 Å². The molecule has 0 aliphatic carbocycles. The molecule has 6 heteroatoms. The van der Waals surface area contributed by atoms with Crippen molar-refractivity contribution in [3.8, 4) is 40.1 Å². The van der Waals surface area contributed by atoms with Gasteiger partial charge >= 0.3 is 0 Å². The molecule has 4 aromatic heterocycles. The molecule has 0 atom stereocenters. The summed E-state index contributed by atoms with van der Waals surface area (Å²) in [5, 5.41) is 5.73. The van der Waals surface area contributed by atoms with Gasteiger partial charge in [-0.3, -0.25) is 4.57 Å². The lowest BCUT2D eigenvalue weighted by Crippen LogP contribution is -2.07. The maximum Gasteiger partial charge on any atom is 0.238 e. The van der Waals surface area contributed by atoms with E-state index in [2.05, 4.69) is 77.4 Å². The Morgan fingerprint density at radius 2 is 0.860 bits per heavy atom. The molecule has 0 spiro atoms. The average Bonchev–Trinajstić information content (AvgIpc) is 3.96. The van der Waals surface area contributed by atoms with Crippen molar-refractivity contribution in [1.82, 2.24) is 28.7 Å². The zero-order chi connectivity index (χ0) is 41.8. The molecule has 57 heavy (non-hydrogen) atoms. The van der Waals surface area contributed by atoms with Crippen LogP contribution in [0.1, 0.15) is 6.85 Å². The van der Waals surface area contributed by atoms with Gasteiger partial charge in [0, 0.05) is 54.8 Å². The first-order valence-corrected chi connectivity index (χ1v) is 18.8. The van der Waals surface area contributed by atoms with Gasteiger partial charge in [0.05, 0.1) is 40.0 Å². The van der Waals surface area contributed by atoms with E-state index in [9.17, 15) is 0 Å². The van der Waals surface area contributed by atoms with Gasteiger partial charge in [-0.2, -0.15) is 9.97 Å². The number of fused-ring (bicyclic) bond motifs is 10. The fraction of sp³-hybridized carbons (Fsp3) is 0. The van der Waals surface area contributed by atoms with Crippen LogP contribution < -0.4 is 0 Å². The van der Waals surface area contributed by atoms with Crippen molar-refractivity contribution < 1.29 is 6.85 Å². The second kappa shape index (κ2) is 12.3. The molecule has 0 bridgehead atoms. The first-order chi connectivity index (χ1) is 30.4. The molecule has 6 nitrogen and oxygen atoms in total. The Labute approximate surface area is 334 Å². The standard InChI is InChI=1S/C51H32N6/c1-4-16-33(17-5-1)49-52-50(34-28-31-46-42(32-34)39-24-12-13-25-43(39)55(46)35-18-6-2-7-19-35)54-51(53-49)57-45-27-15-11-23-38(45)41-30-29-40-37-22-10-14-26-44(37)56(47(40)48(41)57)36-20-8-3-9-21-36/h1-32H/i3D,8D,9D,20D,21D. The van der Waals surface area contributed by atoms with Gasteiger partial charge < -0.3 is 9.13 Å². The van der Waals surface area contributed by atoms with Gasteiger partial charge in [-0.25, -0.2) is 4.98 Å². The minimum Gasteiger partial charge on any atom is -0.309 e. The molecule has 0 radical (unpaired) electrons. The van der Waals surface area contributed by atoms with Crippen LogP contribution in [0.2, 0.25) is 0 Å². The summed E-state index contributed by atoms with van der Waals surface area (Å²) in [6, 6.07) is 53.1. The Morgan fingerprint density at radius 1 is 0.351 bits per heavy atom. The zero-order valence-electron chi connectivity index (χ0n) is 35.3. The number of nitrogens with zero attached hydrogens (tertiary/aromatic N) is 6. The van der Waals surface area contributed by atoms with Crippen molar-refractivity contribution in [2.75, 3.05) is 0 Å². The van der Waals surface area contributed by atoms with Crippen LogP contribution in [0.5, 0.6) is 0 Å². The van der Waals surface area contributed by atoms with Crippen LogP contribution in [0.4, 0.5) is 0 Å². The largest absolute Gasteiger partial charge is 0.309 e. The number of benzene rings is 8. The van der Waals surface area contributed by atoms with Gasteiger partial charge in [0.15, 0.2) is 11.6 Å². The number of rotatable bonds is 5. The minimum atomic E-state index is -0.447. The van der Waals surface area contributed by atoms with E-state index >= 15 is 0 Å². The molecule has 0 fully saturated rings. The Morgan fingerprint density at radius 3 is 1.53 bits per heavy atom. The van der Waals surface area contributed by atoms with Gasteiger partial charge in [-0.15, -0.1) is 0 Å². The Hall–Kier alpha value is -7.83. The summed E-state index contributed by atoms with van der Waals surface area (Å²) in [4.78, 5) is 15.7. The van der Waals surface area contributed by atoms with Crippen LogP contribution >= 0.6 is 0 Å². The molecule has 12 aromatic rings. The summed E-state index contributed by atoms with van der Waals surface area (Å²) in [5.74, 6) is 1.34. The quantitative estimate of drug-likeness (QED) is 0.177. The lowest BCUT2D eigenvalue weighted by Gasteiger charge is -2.13. The average molecular weight is 734 g/mol. The molecule has 0 saturated heterocycles. The van der Waals surface area contributed by atoms with Crippen LogP contribution in [0.15, 0.2) is 194 Å². The summed E-state index contributed by atoms with van der Waals surface area (Å²) in [6.07, 6.45) is 0. The third-order valence-corrected chi connectivity index (χ3v) is 11.0. The molecule has 4 heterocycles. The van der Waals surface area contributed by atoms with E-state index in [1.165, 1.54) is 0 Å². The molecule has 0 unspecified atom stereocenters. The molecule has 8 aromatic carbocycles. The summed E-state index contributed by atoms with van der Waals surface area (Å²) in [7, 11) is 0. The highest BCUT2D eigenvalue weighted by Gasteiger charge is 2.24. The monoisotopic (exact) mass is 733 g/mol. The SMILES string of the molecule is [2H]c1c([2H])c([2H])c(-n2c3ccccc3c3ccc4c5ccccc5n(-c5nc(-c6ccccc6)nc(-c6ccc7c(c6)c6ccccc6n7-c6ccccc6)n5)c4c32)c([2H])c1[2H]. The summed E-state index contributed by atoms with van der Waals surface area (Å²) < 4.78 is 50.2. The van der Waals surface area contributed by atoms with E-state index in [-0.39, 0.29) is 17.8 Å². The van der Waals surface area contributed by atoms with Gasteiger partial charge in [-0.05, 0) is 60.6 Å². The van der Waals surface area contributed by atoms with Gasteiger partial charge in [-0.1, -0.05) is 133 Å². The van der Waals surface area contributed by atoms with Crippen molar-refractivity contribution in [3.63, 3.8) is 0 Å². The first kappa shape index (κ1) is 26.9. The predicted molar refractivity (Wildman–Crippen MR) is 234 cm³/mol.